The highest BCUT2D eigenvalue weighted by Crippen LogP contribution is 2.25. The number of piperazine rings is 1. The molecule has 0 radical (unpaired) electrons. The van der Waals surface area contributed by atoms with Gasteiger partial charge in [0.2, 0.25) is 0 Å². The summed E-state index contributed by atoms with van der Waals surface area (Å²) >= 11 is 6.24. The number of carboxylic acid groups (broad SMARTS) is 1. The molecule has 2 aromatic carbocycles. The SMILES string of the molecule is O=C(O)c1c(CN2CCN(Cc3ccncc3)CC2)n(-c2cccc(Cl)c2)c(=O)c2ccccc12. The van der Waals surface area contributed by atoms with Crippen molar-refractivity contribution in [1.29, 1.82) is 0 Å². The molecule has 8 heteroatoms. The number of carboxylic acids is 1. The number of pyridine rings is 2. The normalized spacial score (nSPS) is 14.9. The summed E-state index contributed by atoms with van der Waals surface area (Å²) < 4.78 is 1.51. The molecule has 0 atom stereocenters. The number of aromatic carboxylic acids is 1. The van der Waals surface area contributed by atoms with E-state index in [9.17, 15) is 14.7 Å². The minimum absolute atomic E-state index is 0.152. The van der Waals surface area contributed by atoms with Gasteiger partial charge in [-0.05, 0) is 42.0 Å². The van der Waals surface area contributed by atoms with Gasteiger partial charge in [-0.2, -0.15) is 0 Å². The number of hydrogen-bond donors (Lipinski definition) is 1. The topological polar surface area (TPSA) is 78.7 Å². The molecule has 3 heterocycles. The molecule has 35 heavy (non-hydrogen) atoms. The predicted octanol–water partition coefficient (Wildman–Crippen LogP) is 4.06. The summed E-state index contributed by atoms with van der Waals surface area (Å²) in [6, 6.07) is 17.9. The smallest absolute Gasteiger partial charge is 0.338 e. The van der Waals surface area contributed by atoms with E-state index in [0.29, 0.717) is 33.7 Å². The zero-order valence-corrected chi connectivity index (χ0v) is 19.9. The highest BCUT2D eigenvalue weighted by molar-refractivity contribution is 6.30. The highest BCUT2D eigenvalue weighted by Gasteiger charge is 2.25. The molecular weight excluding hydrogens is 464 g/mol. The van der Waals surface area contributed by atoms with E-state index in [1.54, 1.807) is 60.9 Å². The molecule has 2 aromatic heterocycles. The largest absolute Gasteiger partial charge is 0.478 e. The Labute approximate surface area is 207 Å². The third-order valence-electron chi connectivity index (χ3n) is 6.46. The van der Waals surface area contributed by atoms with Gasteiger partial charge in [-0.15, -0.1) is 0 Å². The van der Waals surface area contributed by atoms with Gasteiger partial charge in [0.05, 0.1) is 16.9 Å². The maximum absolute atomic E-state index is 13.6. The van der Waals surface area contributed by atoms with E-state index in [-0.39, 0.29) is 11.1 Å². The first-order valence-electron chi connectivity index (χ1n) is 11.5. The Bertz CT molecular complexity index is 1430. The van der Waals surface area contributed by atoms with Crippen LogP contribution in [0.4, 0.5) is 0 Å². The van der Waals surface area contributed by atoms with Gasteiger partial charge in [0, 0.05) is 67.5 Å². The van der Waals surface area contributed by atoms with Crippen LogP contribution in [-0.2, 0) is 13.1 Å². The van der Waals surface area contributed by atoms with Crippen LogP contribution in [0.15, 0.2) is 77.9 Å². The Morgan fingerprint density at radius 2 is 1.54 bits per heavy atom. The monoisotopic (exact) mass is 488 g/mol. The maximum atomic E-state index is 13.6. The lowest BCUT2D eigenvalue weighted by Gasteiger charge is -2.35. The number of aromatic nitrogens is 2. The lowest BCUT2D eigenvalue weighted by molar-refractivity contribution is 0.0693. The highest BCUT2D eigenvalue weighted by atomic mass is 35.5. The first kappa shape index (κ1) is 23.2. The van der Waals surface area contributed by atoms with Gasteiger partial charge in [0.1, 0.15) is 0 Å². The Hall–Kier alpha value is -3.52. The standard InChI is InChI=1S/C27H25ClN4O3/c28-20-4-3-5-21(16-20)32-24(25(27(34)35)22-6-1-2-7-23(22)26(32)33)18-31-14-12-30(13-15-31)17-19-8-10-29-11-9-19/h1-11,16H,12-15,17-18H2,(H,34,35). The van der Waals surface area contributed by atoms with Gasteiger partial charge in [0.25, 0.3) is 5.56 Å². The van der Waals surface area contributed by atoms with E-state index in [1.807, 2.05) is 12.1 Å². The Balaban J connectivity index is 1.52. The van der Waals surface area contributed by atoms with E-state index in [1.165, 1.54) is 10.1 Å². The van der Waals surface area contributed by atoms with Crippen LogP contribution < -0.4 is 5.56 Å². The zero-order valence-electron chi connectivity index (χ0n) is 19.1. The van der Waals surface area contributed by atoms with Gasteiger partial charge in [-0.3, -0.25) is 24.1 Å². The third-order valence-corrected chi connectivity index (χ3v) is 6.70. The van der Waals surface area contributed by atoms with Crippen LogP contribution in [0.3, 0.4) is 0 Å². The van der Waals surface area contributed by atoms with E-state index in [0.717, 1.165) is 32.7 Å². The molecule has 0 aliphatic carbocycles. The van der Waals surface area contributed by atoms with Gasteiger partial charge in [-0.1, -0.05) is 35.9 Å². The fraction of sp³-hybridized carbons (Fsp3) is 0.222. The molecule has 1 fully saturated rings. The Kier molecular flexibility index (Phi) is 6.63. The first-order chi connectivity index (χ1) is 17.0. The van der Waals surface area contributed by atoms with Crippen LogP contribution in [0.25, 0.3) is 16.5 Å². The lowest BCUT2D eigenvalue weighted by atomic mass is 10.0. The number of benzene rings is 2. The van der Waals surface area contributed by atoms with Crippen LogP contribution in [0.1, 0.15) is 21.6 Å². The second kappa shape index (κ2) is 10.00. The van der Waals surface area contributed by atoms with Crippen molar-refractivity contribution in [3.05, 3.63) is 105 Å². The Morgan fingerprint density at radius 3 is 2.20 bits per heavy atom. The number of nitrogens with zero attached hydrogens (tertiary/aromatic N) is 4. The number of rotatable bonds is 6. The van der Waals surface area contributed by atoms with Crippen molar-refractivity contribution < 1.29 is 9.90 Å². The Morgan fingerprint density at radius 1 is 0.886 bits per heavy atom. The molecule has 0 unspecified atom stereocenters. The summed E-state index contributed by atoms with van der Waals surface area (Å²) in [5.74, 6) is -1.05. The van der Waals surface area contributed by atoms with Crippen molar-refractivity contribution in [1.82, 2.24) is 19.4 Å². The van der Waals surface area contributed by atoms with Crippen molar-refractivity contribution >= 4 is 28.3 Å². The second-order valence-corrected chi connectivity index (χ2v) is 9.14. The quantitative estimate of drug-likeness (QED) is 0.441. The minimum atomic E-state index is -1.05. The molecule has 0 spiro atoms. The van der Waals surface area contributed by atoms with Crippen LogP contribution in [0, 0.1) is 0 Å². The third kappa shape index (κ3) is 4.84. The van der Waals surface area contributed by atoms with Gasteiger partial charge >= 0.3 is 5.97 Å². The van der Waals surface area contributed by atoms with Crippen molar-refractivity contribution in [2.75, 3.05) is 26.2 Å². The molecule has 178 valence electrons. The average Bonchev–Trinajstić information content (AvgIpc) is 2.86. The van der Waals surface area contributed by atoms with Crippen molar-refractivity contribution in [2.24, 2.45) is 0 Å². The van der Waals surface area contributed by atoms with Crippen molar-refractivity contribution in [2.45, 2.75) is 13.1 Å². The molecule has 1 aliphatic heterocycles. The molecule has 7 nitrogen and oxygen atoms in total. The molecule has 0 saturated carbocycles. The average molecular weight is 489 g/mol. The fourth-order valence-corrected chi connectivity index (χ4v) is 4.92. The predicted molar refractivity (Wildman–Crippen MR) is 136 cm³/mol. The zero-order chi connectivity index (χ0) is 24.4. The molecule has 0 amide bonds. The molecule has 4 aromatic rings. The molecule has 5 rings (SSSR count). The summed E-state index contributed by atoms with van der Waals surface area (Å²) in [6.07, 6.45) is 3.60. The fourth-order valence-electron chi connectivity index (χ4n) is 4.74. The summed E-state index contributed by atoms with van der Waals surface area (Å²) in [5.41, 5.74) is 2.14. The lowest BCUT2D eigenvalue weighted by Crippen LogP contribution is -2.46. The molecule has 1 saturated heterocycles. The van der Waals surface area contributed by atoms with E-state index in [2.05, 4.69) is 14.8 Å². The number of fused-ring (bicyclic) bond motifs is 1. The second-order valence-electron chi connectivity index (χ2n) is 8.70. The minimum Gasteiger partial charge on any atom is -0.478 e. The van der Waals surface area contributed by atoms with E-state index in [4.69, 9.17) is 11.6 Å². The van der Waals surface area contributed by atoms with Crippen molar-refractivity contribution in [3.63, 3.8) is 0 Å². The summed E-state index contributed by atoms with van der Waals surface area (Å²) in [5, 5.41) is 11.5. The van der Waals surface area contributed by atoms with E-state index < -0.39 is 5.97 Å². The summed E-state index contributed by atoms with van der Waals surface area (Å²) in [4.78, 5) is 34.8. The number of hydrogen-bond acceptors (Lipinski definition) is 5. The summed E-state index contributed by atoms with van der Waals surface area (Å²) in [7, 11) is 0. The molecule has 1 N–H and O–H groups in total. The maximum Gasteiger partial charge on any atom is 0.338 e. The first-order valence-corrected chi connectivity index (χ1v) is 11.9. The number of halogens is 1. The van der Waals surface area contributed by atoms with Crippen LogP contribution in [0.5, 0.6) is 0 Å². The molecular formula is C27H25ClN4O3. The van der Waals surface area contributed by atoms with Gasteiger partial charge in [-0.25, -0.2) is 4.79 Å². The van der Waals surface area contributed by atoms with Crippen molar-refractivity contribution in [3.8, 4) is 5.69 Å². The van der Waals surface area contributed by atoms with Gasteiger partial charge in [0.15, 0.2) is 0 Å². The molecule has 1 aliphatic rings. The summed E-state index contributed by atoms with van der Waals surface area (Å²) in [6.45, 7) is 4.41. The van der Waals surface area contributed by atoms with E-state index >= 15 is 0 Å². The van der Waals surface area contributed by atoms with Crippen LogP contribution >= 0.6 is 11.6 Å². The van der Waals surface area contributed by atoms with Crippen LogP contribution in [-0.4, -0.2) is 56.6 Å². The number of carbonyl (C=O) groups is 1. The molecule has 0 bridgehead atoms. The van der Waals surface area contributed by atoms with Gasteiger partial charge < -0.3 is 5.11 Å². The van der Waals surface area contributed by atoms with Crippen LogP contribution in [0.2, 0.25) is 5.02 Å².